The van der Waals surface area contributed by atoms with Crippen LogP contribution in [0.25, 0.3) is 21.5 Å². The highest BCUT2D eigenvalue weighted by Crippen LogP contribution is 2.38. The van der Waals surface area contributed by atoms with E-state index in [0.29, 0.717) is 98.7 Å². The smallest absolute Gasteiger partial charge is 0.335 e. The molecule has 0 aliphatic heterocycles. The Morgan fingerprint density at radius 2 is 1.14 bits per heavy atom. The number of aryl methyl sites for hydroxylation is 2. The average molecular weight is 898 g/mol. The van der Waals surface area contributed by atoms with Crippen LogP contribution in [0.2, 0.25) is 0 Å². The molecule has 2 aliphatic carbocycles. The number of ether oxygens (including phenoxy) is 5. The number of fused-ring (bicyclic) bond motifs is 1. The van der Waals surface area contributed by atoms with Crippen molar-refractivity contribution in [1.29, 1.82) is 0 Å². The maximum absolute atomic E-state index is 13.6. The summed E-state index contributed by atoms with van der Waals surface area (Å²) in [6, 6.07) is 25.3. The fourth-order valence-electron chi connectivity index (χ4n) is 8.08. The number of carbonyl (C=O) groups excluding carboxylic acids is 6. The van der Waals surface area contributed by atoms with Crippen LogP contribution in [0.1, 0.15) is 80.9 Å². The zero-order valence-electron chi connectivity index (χ0n) is 36.1. The number of hydrogen-bond acceptors (Lipinski definition) is 13. The molecule has 65 heavy (non-hydrogen) atoms. The van der Waals surface area contributed by atoms with E-state index in [1.54, 1.807) is 36.4 Å². The zero-order valence-corrected chi connectivity index (χ0v) is 36.9. The highest BCUT2D eigenvalue weighted by molar-refractivity contribution is 7.13. The van der Waals surface area contributed by atoms with Crippen LogP contribution in [0.4, 0.5) is 0 Å². The second-order valence-corrected chi connectivity index (χ2v) is 17.3. The Morgan fingerprint density at radius 1 is 0.600 bits per heavy atom. The minimum absolute atomic E-state index is 0.0472. The Balaban J connectivity index is 0.896. The summed E-state index contributed by atoms with van der Waals surface area (Å²) in [6.07, 6.45) is 7.61. The van der Waals surface area contributed by atoms with E-state index in [-0.39, 0.29) is 60.4 Å². The van der Waals surface area contributed by atoms with Gasteiger partial charge >= 0.3 is 29.8 Å². The molecule has 2 saturated carbocycles. The molecule has 5 aromatic rings. The molecule has 7 rings (SSSR count). The average Bonchev–Trinajstić information content (AvgIpc) is 3.88. The van der Waals surface area contributed by atoms with Crippen LogP contribution in [0.5, 0.6) is 17.2 Å². The third-order valence-electron chi connectivity index (χ3n) is 11.8. The highest BCUT2D eigenvalue weighted by Gasteiger charge is 2.32. The van der Waals surface area contributed by atoms with E-state index in [4.69, 9.17) is 28.7 Å². The summed E-state index contributed by atoms with van der Waals surface area (Å²) in [5.74, 6) is -1.84. The number of aromatic nitrogens is 1. The van der Waals surface area contributed by atoms with Crippen LogP contribution in [-0.2, 0) is 57.5 Å². The standard InChI is InChI=1S/C52H51NO11S/c1-3-38(54)32-35-9-7-33(8-10-35)13-29-48(56)61-40-21-15-36(16-22-40)51(58)63-44-27-28-45(50-42(44)25-26-43(53-50)46-6-5-31-65-46)64-52(59)37-17-23-41(24-18-37)62-49(57)30-14-34-11-19-39(20-12-34)60-47(55)4-2/h3-12,19-20,25-28,31,36-37,40-41H,1-2,13-18,21-24,29-30,32H2. The molecule has 0 spiro atoms. The summed E-state index contributed by atoms with van der Waals surface area (Å²) in [5, 5.41) is 2.47. The lowest BCUT2D eigenvalue weighted by Gasteiger charge is -2.27. The molecule has 13 heteroatoms. The first-order valence-corrected chi connectivity index (χ1v) is 22.9. The van der Waals surface area contributed by atoms with E-state index in [9.17, 15) is 28.8 Å². The third kappa shape index (κ3) is 12.9. The SMILES string of the molecule is C=CC(=O)Cc1ccc(CCC(=O)OC2CCC(C(=O)Oc3ccc(OC(=O)C4CCC(OC(=O)CCc5ccc(OC(=O)C=C)cc5)CC4)c4nc(-c5cccs5)ccc34)CC2)cc1. The van der Waals surface area contributed by atoms with Crippen LogP contribution < -0.4 is 14.2 Å². The fourth-order valence-corrected chi connectivity index (χ4v) is 8.77. The second kappa shape index (κ2) is 22.3. The molecule has 0 bridgehead atoms. The molecule has 0 amide bonds. The van der Waals surface area contributed by atoms with Crippen LogP contribution in [0, 0.1) is 11.8 Å². The zero-order chi connectivity index (χ0) is 45.7. The highest BCUT2D eigenvalue weighted by atomic mass is 32.1. The van der Waals surface area contributed by atoms with E-state index >= 15 is 0 Å². The maximum Gasteiger partial charge on any atom is 0.335 e. The number of pyridine rings is 1. The summed E-state index contributed by atoms with van der Waals surface area (Å²) < 4.78 is 28.6. The Kier molecular flexibility index (Phi) is 15.8. The number of benzene rings is 3. The maximum atomic E-state index is 13.6. The van der Waals surface area contributed by atoms with Gasteiger partial charge in [0.1, 0.15) is 29.2 Å². The monoisotopic (exact) mass is 897 g/mol. The molecule has 0 atom stereocenters. The number of rotatable bonds is 18. The van der Waals surface area contributed by atoms with Gasteiger partial charge in [-0.3, -0.25) is 24.0 Å². The van der Waals surface area contributed by atoms with Crippen LogP contribution in [0.3, 0.4) is 0 Å². The molecule has 0 N–H and O–H groups in total. The predicted octanol–water partition coefficient (Wildman–Crippen LogP) is 9.63. The molecule has 3 aromatic carbocycles. The van der Waals surface area contributed by atoms with Gasteiger partial charge in [-0.25, -0.2) is 9.78 Å². The van der Waals surface area contributed by atoms with Gasteiger partial charge in [-0.15, -0.1) is 11.3 Å². The number of nitrogens with zero attached hydrogens (tertiary/aromatic N) is 1. The molecule has 0 saturated heterocycles. The van der Waals surface area contributed by atoms with Gasteiger partial charge in [-0.1, -0.05) is 55.6 Å². The lowest BCUT2D eigenvalue weighted by atomic mass is 9.87. The number of allylic oxidation sites excluding steroid dienone is 1. The Bertz CT molecular complexity index is 2510. The lowest BCUT2D eigenvalue weighted by Crippen LogP contribution is -2.30. The Morgan fingerprint density at radius 3 is 1.68 bits per heavy atom. The summed E-state index contributed by atoms with van der Waals surface area (Å²) >= 11 is 1.53. The van der Waals surface area contributed by atoms with Crippen LogP contribution in [-0.4, -0.2) is 52.8 Å². The van der Waals surface area contributed by atoms with Gasteiger partial charge in [0.15, 0.2) is 11.5 Å². The quantitative estimate of drug-likeness (QED) is 0.0466. The molecule has 2 fully saturated rings. The minimum Gasteiger partial charge on any atom is -0.462 e. The summed E-state index contributed by atoms with van der Waals surface area (Å²) in [4.78, 5) is 81.4. The fraction of sp³-hybridized carbons (Fsp3) is 0.327. The molecule has 0 radical (unpaired) electrons. The van der Waals surface area contributed by atoms with Crippen molar-refractivity contribution in [3.8, 4) is 27.8 Å². The van der Waals surface area contributed by atoms with Crippen molar-refractivity contribution in [3.63, 3.8) is 0 Å². The number of ketones is 1. The van der Waals surface area contributed by atoms with E-state index in [0.717, 1.165) is 27.6 Å². The summed E-state index contributed by atoms with van der Waals surface area (Å²) in [7, 11) is 0. The van der Waals surface area contributed by atoms with Crippen molar-refractivity contribution in [3.05, 3.63) is 132 Å². The molecular formula is C52H51NO11S. The van der Waals surface area contributed by atoms with Crippen molar-refractivity contribution >= 4 is 57.9 Å². The number of carbonyl (C=O) groups is 6. The summed E-state index contributed by atoms with van der Waals surface area (Å²) in [5.41, 5.74) is 3.84. The molecule has 2 heterocycles. The van der Waals surface area contributed by atoms with E-state index < -0.39 is 17.9 Å². The second-order valence-electron chi connectivity index (χ2n) is 16.3. The number of hydrogen-bond donors (Lipinski definition) is 0. The first-order valence-electron chi connectivity index (χ1n) is 22.0. The van der Waals surface area contributed by atoms with Gasteiger partial charge < -0.3 is 23.7 Å². The largest absolute Gasteiger partial charge is 0.462 e. The molecule has 0 unspecified atom stereocenters. The molecule has 336 valence electrons. The predicted molar refractivity (Wildman–Crippen MR) is 244 cm³/mol. The van der Waals surface area contributed by atoms with Crippen molar-refractivity contribution < 1.29 is 52.5 Å². The van der Waals surface area contributed by atoms with Gasteiger partial charge in [0.2, 0.25) is 0 Å². The topological polar surface area (TPSA) is 161 Å². The molecular weight excluding hydrogens is 847 g/mol. The van der Waals surface area contributed by atoms with Crippen LogP contribution >= 0.6 is 11.3 Å². The van der Waals surface area contributed by atoms with Gasteiger partial charge in [0, 0.05) is 30.7 Å². The normalized spacial score (nSPS) is 18.2. The number of esters is 5. The number of thiophene rings is 1. The lowest BCUT2D eigenvalue weighted by molar-refractivity contribution is -0.153. The Labute approximate surface area is 381 Å². The molecule has 12 nitrogen and oxygen atoms in total. The van der Waals surface area contributed by atoms with Crippen molar-refractivity contribution in [2.75, 3.05) is 0 Å². The van der Waals surface area contributed by atoms with Crippen molar-refractivity contribution in [2.24, 2.45) is 11.8 Å². The molecule has 2 aliphatic rings. The van der Waals surface area contributed by atoms with E-state index in [1.807, 2.05) is 53.9 Å². The van der Waals surface area contributed by atoms with Gasteiger partial charge in [0.05, 0.1) is 22.4 Å². The van der Waals surface area contributed by atoms with E-state index in [1.165, 1.54) is 17.4 Å². The molecule has 2 aromatic heterocycles. The van der Waals surface area contributed by atoms with Gasteiger partial charge in [-0.2, -0.15) is 0 Å². The Hall–Kier alpha value is -6.73. The summed E-state index contributed by atoms with van der Waals surface area (Å²) in [6.45, 7) is 6.89. The van der Waals surface area contributed by atoms with Crippen molar-refractivity contribution in [2.45, 2.75) is 95.7 Å². The van der Waals surface area contributed by atoms with Gasteiger partial charge in [0.25, 0.3) is 0 Å². The first-order chi connectivity index (χ1) is 31.5. The van der Waals surface area contributed by atoms with E-state index in [2.05, 4.69) is 13.2 Å². The third-order valence-corrected chi connectivity index (χ3v) is 12.7. The van der Waals surface area contributed by atoms with Gasteiger partial charge in [-0.05, 0) is 135 Å². The van der Waals surface area contributed by atoms with Crippen LogP contribution in [0.15, 0.2) is 116 Å². The first kappa shape index (κ1) is 46.3. The van der Waals surface area contributed by atoms with Crippen molar-refractivity contribution in [1.82, 2.24) is 4.98 Å². The minimum atomic E-state index is -0.546.